The van der Waals surface area contributed by atoms with Crippen molar-refractivity contribution >= 4 is 0 Å². The van der Waals surface area contributed by atoms with E-state index in [9.17, 15) is 0 Å². The number of nitrogens with zero attached hydrogens (tertiary/aromatic N) is 9. The summed E-state index contributed by atoms with van der Waals surface area (Å²) in [4.78, 5) is 20.1. The number of pyridine rings is 2. The summed E-state index contributed by atoms with van der Waals surface area (Å²) in [5, 5.41) is 8.98. The summed E-state index contributed by atoms with van der Waals surface area (Å²) in [5.41, 5.74) is 3.04. The summed E-state index contributed by atoms with van der Waals surface area (Å²) in [7, 11) is 4.16. The van der Waals surface area contributed by atoms with Crippen LogP contribution in [0.5, 0.6) is 0 Å². The second kappa shape index (κ2) is 8.35. The Kier molecular flexibility index (Phi) is 5.25. The summed E-state index contributed by atoms with van der Waals surface area (Å²) < 4.78 is 3.59. The Morgan fingerprint density at radius 2 is 2.03 bits per heavy atom. The number of hydrogen-bond donors (Lipinski definition) is 0. The lowest BCUT2D eigenvalue weighted by molar-refractivity contribution is 0.381. The van der Waals surface area contributed by atoms with Gasteiger partial charge in [-0.05, 0) is 69.6 Å². The van der Waals surface area contributed by atoms with Gasteiger partial charge in [-0.15, -0.1) is 0 Å². The molecule has 1 aliphatic carbocycles. The van der Waals surface area contributed by atoms with Crippen LogP contribution in [0.15, 0.2) is 49.3 Å². The van der Waals surface area contributed by atoms with Crippen LogP contribution < -0.4 is 0 Å². The van der Waals surface area contributed by atoms with E-state index >= 15 is 0 Å². The van der Waals surface area contributed by atoms with Crippen LogP contribution in [0.25, 0.3) is 28.7 Å². The normalized spacial score (nSPS) is 13.8. The van der Waals surface area contributed by atoms with Crippen molar-refractivity contribution in [1.82, 2.24) is 44.4 Å². The molecule has 4 aromatic rings. The third-order valence-corrected chi connectivity index (χ3v) is 5.37. The average Bonchev–Trinajstić information content (AvgIpc) is 3.31. The van der Waals surface area contributed by atoms with Crippen LogP contribution in [-0.4, -0.2) is 65.0 Å². The zero-order valence-electron chi connectivity index (χ0n) is 17.8. The quantitative estimate of drug-likeness (QED) is 0.437. The Morgan fingerprint density at radius 3 is 2.74 bits per heavy atom. The molecular weight excluding hydrogens is 390 g/mol. The summed E-state index contributed by atoms with van der Waals surface area (Å²) >= 11 is 0. The number of aromatic nitrogens is 8. The minimum absolute atomic E-state index is 0.650. The van der Waals surface area contributed by atoms with Crippen LogP contribution in [0.2, 0.25) is 0 Å². The fourth-order valence-corrected chi connectivity index (χ4v) is 3.55. The van der Waals surface area contributed by atoms with Crippen molar-refractivity contribution in [3.63, 3.8) is 0 Å². The molecule has 5 rings (SSSR count). The maximum absolute atomic E-state index is 4.86. The van der Waals surface area contributed by atoms with E-state index in [1.165, 1.54) is 24.7 Å². The molecule has 0 atom stereocenters. The maximum atomic E-state index is 4.86. The molecule has 0 amide bonds. The van der Waals surface area contributed by atoms with Gasteiger partial charge < -0.3 is 4.90 Å². The van der Waals surface area contributed by atoms with Crippen molar-refractivity contribution in [3.05, 3.63) is 54.9 Å². The van der Waals surface area contributed by atoms with E-state index in [0.717, 1.165) is 36.6 Å². The Labute approximate surface area is 180 Å². The third kappa shape index (κ3) is 4.36. The van der Waals surface area contributed by atoms with Crippen LogP contribution in [0.4, 0.5) is 0 Å². The standard InChI is InChI=1S/C22H25N9/c1-29(2)10-3-11-30-22(19-7-6-18(13-25-19)16-4-5-16)27-21(28-30)17-8-9-24-20(12-17)31-15-23-14-26-31/h6-9,12-16H,3-5,10-11H2,1-2H3. The molecule has 0 bridgehead atoms. The lowest BCUT2D eigenvalue weighted by Crippen LogP contribution is -2.16. The molecule has 0 aliphatic heterocycles. The Balaban J connectivity index is 1.48. The zero-order chi connectivity index (χ0) is 21.2. The monoisotopic (exact) mass is 415 g/mol. The van der Waals surface area contributed by atoms with Gasteiger partial charge in [-0.3, -0.25) is 4.98 Å². The van der Waals surface area contributed by atoms with E-state index in [4.69, 9.17) is 15.1 Å². The molecule has 158 valence electrons. The van der Waals surface area contributed by atoms with Crippen molar-refractivity contribution in [2.75, 3.05) is 20.6 Å². The topological polar surface area (TPSA) is 90.4 Å². The second-order valence-electron chi connectivity index (χ2n) is 8.13. The summed E-state index contributed by atoms with van der Waals surface area (Å²) in [6.45, 7) is 1.75. The molecule has 0 aromatic carbocycles. The van der Waals surface area contributed by atoms with Gasteiger partial charge in [0.05, 0.1) is 0 Å². The summed E-state index contributed by atoms with van der Waals surface area (Å²) in [6.07, 6.45) is 10.3. The van der Waals surface area contributed by atoms with Gasteiger partial charge in [0, 0.05) is 24.5 Å². The largest absolute Gasteiger partial charge is 0.309 e. The summed E-state index contributed by atoms with van der Waals surface area (Å²) in [6, 6.07) is 8.07. The molecule has 9 heteroatoms. The van der Waals surface area contributed by atoms with Gasteiger partial charge in [0.2, 0.25) is 0 Å². The predicted molar refractivity (Wildman–Crippen MR) is 117 cm³/mol. The van der Waals surface area contributed by atoms with Gasteiger partial charge in [0.25, 0.3) is 0 Å². The molecule has 0 unspecified atom stereocenters. The Bertz CT molecular complexity index is 1140. The number of rotatable bonds is 8. The van der Waals surface area contributed by atoms with Crippen molar-refractivity contribution < 1.29 is 0 Å². The van der Waals surface area contributed by atoms with Gasteiger partial charge in [-0.2, -0.15) is 10.2 Å². The first-order valence-corrected chi connectivity index (χ1v) is 10.5. The van der Waals surface area contributed by atoms with E-state index in [1.54, 1.807) is 17.2 Å². The highest BCUT2D eigenvalue weighted by Crippen LogP contribution is 2.39. The lowest BCUT2D eigenvalue weighted by atomic mass is 10.2. The van der Waals surface area contributed by atoms with Crippen molar-refractivity contribution in [3.8, 4) is 28.7 Å². The van der Waals surface area contributed by atoms with Crippen LogP contribution in [0, 0.1) is 0 Å². The fourth-order valence-electron chi connectivity index (χ4n) is 3.55. The molecule has 4 aromatic heterocycles. The molecule has 0 saturated heterocycles. The highest BCUT2D eigenvalue weighted by Gasteiger charge is 2.24. The van der Waals surface area contributed by atoms with Crippen molar-refractivity contribution in [1.29, 1.82) is 0 Å². The molecule has 4 heterocycles. The molecular formula is C22H25N9. The number of hydrogen-bond acceptors (Lipinski definition) is 7. The molecule has 1 saturated carbocycles. The van der Waals surface area contributed by atoms with Crippen molar-refractivity contribution in [2.45, 2.75) is 31.7 Å². The molecule has 0 N–H and O–H groups in total. The molecule has 31 heavy (non-hydrogen) atoms. The first-order chi connectivity index (χ1) is 15.2. The molecule has 9 nitrogen and oxygen atoms in total. The minimum atomic E-state index is 0.650. The van der Waals surface area contributed by atoms with Gasteiger partial charge in [-0.25, -0.2) is 24.3 Å². The van der Waals surface area contributed by atoms with E-state index in [1.807, 2.05) is 23.0 Å². The number of aryl methyl sites for hydroxylation is 1. The lowest BCUT2D eigenvalue weighted by Gasteiger charge is -2.10. The van der Waals surface area contributed by atoms with Crippen LogP contribution in [0.3, 0.4) is 0 Å². The van der Waals surface area contributed by atoms with E-state index in [-0.39, 0.29) is 0 Å². The smallest absolute Gasteiger partial charge is 0.182 e. The third-order valence-electron chi connectivity index (χ3n) is 5.37. The first kappa shape index (κ1) is 19.5. The highest BCUT2D eigenvalue weighted by atomic mass is 15.4. The summed E-state index contributed by atoms with van der Waals surface area (Å²) in [5.74, 6) is 2.79. The molecule has 0 spiro atoms. The van der Waals surface area contributed by atoms with Gasteiger partial charge in [0.1, 0.15) is 18.3 Å². The maximum Gasteiger partial charge on any atom is 0.182 e. The van der Waals surface area contributed by atoms with Gasteiger partial charge in [0.15, 0.2) is 17.5 Å². The van der Waals surface area contributed by atoms with Crippen LogP contribution in [0.1, 0.15) is 30.7 Å². The Morgan fingerprint density at radius 1 is 1.13 bits per heavy atom. The first-order valence-electron chi connectivity index (χ1n) is 10.5. The Hall–Kier alpha value is -3.46. The SMILES string of the molecule is CN(C)CCCn1nc(-c2ccnc(-n3cncn3)c2)nc1-c1ccc(C2CC2)cn1. The van der Waals surface area contributed by atoms with Crippen molar-refractivity contribution in [2.24, 2.45) is 0 Å². The van der Waals surface area contributed by atoms with E-state index in [2.05, 4.69) is 46.2 Å². The molecule has 1 fully saturated rings. The predicted octanol–water partition coefficient (Wildman–Crippen LogP) is 2.81. The highest BCUT2D eigenvalue weighted by molar-refractivity contribution is 5.61. The zero-order valence-corrected chi connectivity index (χ0v) is 17.8. The van der Waals surface area contributed by atoms with Gasteiger partial charge >= 0.3 is 0 Å². The van der Waals surface area contributed by atoms with Crippen LogP contribution in [-0.2, 0) is 6.54 Å². The van der Waals surface area contributed by atoms with Crippen LogP contribution >= 0.6 is 0 Å². The van der Waals surface area contributed by atoms with E-state index in [0.29, 0.717) is 17.6 Å². The average molecular weight is 416 g/mol. The molecule has 1 aliphatic rings. The van der Waals surface area contributed by atoms with Gasteiger partial charge in [-0.1, -0.05) is 6.07 Å². The van der Waals surface area contributed by atoms with E-state index < -0.39 is 0 Å². The minimum Gasteiger partial charge on any atom is -0.309 e. The molecule has 0 radical (unpaired) electrons. The fraction of sp³-hybridized carbons (Fsp3) is 0.364. The second-order valence-corrected chi connectivity index (χ2v) is 8.13.